The first kappa shape index (κ1) is 18.3. The van der Waals surface area contributed by atoms with E-state index in [9.17, 15) is 0 Å². The van der Waals surface area contributed by atoms with Crippen LogP contribution in [0.5, 0.6) is 0 Å². The monoisotopic (exact) mass is 366 g/mol. The molecular weight excluding hydrogens is 336 g/mol. The van der Waals surface area contributed by atoms with Gasteiger partial charge in [-0.2, -0.15) is 0 Å². The molecule has 0 radical (unpaired) electrons. The van der Waals surface area contributed by atoms with Crippen molar-refractivity contribution in [2.45, 2.75) is 18.8 Å². The van der Waals surface area contributed by atoms with Crippen molar-refractivity contribution in [1.29, 1.82) is 0 Å². The van der Waals surface area contributed by atoms with Gasteiger partial charge in [0.05, 0.1) is 19.8 Å². The van der Waals surface area contributed by atoms with Crippen LogP contribution >= 0.6 is 0 Å². The predicted molar refractivity (Wildman–Crippen MR) is 111 cm³/mol. The summed E-state index contributed by atoms with van der Waals surface area (Å²) in [6, 6.07) is 15.4. The molecular formula is C22H30N4O. The molecule has 1 unspecified atom stereocenters. The number of hydrogen-bond donors (Lipinski definition) is 2. The van der Waals surface area contributed by atoms with Crippen molar-refractivity contribution in [1.82, 2.24) is 15.5 Å². The lowest BCUT2D eigenvalue weighted by molar-refractivity contribution is 0.0348. The Hall–Kier alpha value is -2.11. The summed E-state index contributed by atoms with van der Waals surface area (Å²) in [6.45, 7) is 9.91. The molecule has 0 aromatic heterocycles. The van der Waals surface area contributed by atoms with Crippen LogP contribution in [0.3, 0.4) is 0 Å². The second-order valence-corrected chi connectivity index (χ2v) is 7.80. The van der Waals surface area contributed by atoms with E-state index in [2.05, 4.69) is 69.9 Å². The zero-order valence-electron chi connectivity index (χ0n) is 16.2. The van der Waals surface area contributed by atoms with Crippen LogP contribution < -0.4 is 10.6 Å². The molecule has 5 heteroatoms. The van der Waals surface area contributed by atoms with Gasteiger partial charge in [-0.25, -0.2) is 0 Å². The lowest BCUT2D eigenvalue weighted by Crippen LogP contribution is -2.45. The van der Waals surface area contributed by atoms with Gasteiger partial charge >= 0.3 is 0 Å². The van der Waals surface area contributed by atoms with Crippen LogP contribution in [0.4, 0.5) is 0 Å². The Morgan fingerprint density at radius 1 is 1.15 bits per heavy atom. The second kappa shape index (κ2) is 8.28. The Balaban J connectivity index is 1.59. The van der Waals surface area contributed by atoms with Gasteiger partial charge in [0, 0.05) is 31.6 Å². The molecule has 2 heterocycles. The summed E-state index contributed by atoms with van der Waals surface area (Å²) < 4.78 is 5.51. The van der Waals surface area contributed by atoms with Crippen LogP contribution in [-0.2, 0) is 10.2 Å². The van der Waals surface area contributed by atoms with Crippen LogP contribution in [0.25, 0.3) is 10.8 Å². The summed E-state index contributed by atoms with van der Waals surface area (Å²) in [5, 5.41) is 9.57. The van der Waals surface area contributed by atoms with E-state index in [-0.39, 0.29) is 5.41 Å². The first-order valence-corrected chi connectivity index (χ1v) is 10.1. The Morgan fingerprint density at radius 3 is 2.78 bits per heavy atom. The zero-order chi connectivity index (χ0) is 18.5. The molecule has 2 aliphatic rings. The van der Waals surface area contributed by atoms with Gasteiger partial charge in [-0.15, -0.1) is 0 Å². The van der Waals surface area contributed by atoms with Crippen molar-refractivity contribution in [2.75, 3.05) is 52.5 Å². The fourth-order valence-electron chi connectivity index (χ4n) is 4.09. The molecule has 0 spiro atoms. The first-order valence-electron chi connectivity index (χ1n) is 10.1. The highest BCUT2D eigenvalue weighted by Gasteiger charge is 2.30. The number of ether oxygens (including phenoxy) is 1. The minimum atomic E-state index is 0.0198. The van der Waals surface area contributed by atoms with Crippen LogP contribution in [0.1, 0.15) is 18.9 Å². The highest BCUT2D eigenvalue weighted by molar-refractivity contribution is 5.87. The SMILES string of the molecule is CC(CCN1CCOCC1)(CNC1=NCCN1)c1cccc2ccccc12. The van der Waals surface area contributed by atoms with E-state index in [0.29, 0.717) is 0 Å². The minimum absolute atomic E-state index is 0.0198. The molecule has 1 fully saturated rings. The van der Waals surface area contributed by atoms with Crippen molar-refractivity contribution in [2.24, 2.45) is 4.99 Å². The molecule has 2 aromatic carbocycles. The number of nitrogens with zero attached hydrogens (tertiary/aromatic N) is 2. The predicted octanol–water partition coefficient (Wildman–Crippen LogP) is 2.37. The fourth-order valence-corrected chi connectivity index (χ4v) is 4.09. The molecule has 0 amide bonds. The lowest BCUT2D eigenvalue weighted by Gasteiger charge is -2.35. The lowest BCUT2D eigenvalue weighted by atomic mass is 9.77. The van der Waals surface area contributed by atoms with Gasteiger partial charge in [0.2, 0.25) is 0 Å². The summed E-state index contributed by atoms with van der Waals surface area (Å²) in [5.41, 5.74) is 1.44. The zero-order valence-corrected chi connectivity index (χ0v) is 16.2. The topological polar surface area (TPSA) is 48.9 Å². The van der Waals surface area contributed by atoms with E-state index in [1.165, 1.54) is 16.3 Å². The molecule has 1 saturated heterocycles. The summed E-state index contributed by atoms with van der Waals surface area (Å²) in [7, 11) is 0. The average molecular weight is 367 g/mol. The Bertz CT molecular complexity index is 795. The number of morpholine rings is 1. The molecule has 5 nitrogen and oxygen atoms in total. The van der Waals surface area contributed by atoms with E-state index in [0.717, 1.165) is 64.9 Å². The van der Waals surface area contributed by atoms with Crippen LogP contribution in [0.2, 0.25) is 0 Å². The van der Waals surface area contributed by atoms with E-state index in [1.807, 2.05) is 0 Å². The smallest absolute Gasteiger partial charge is 0.191 e. The summed E-state index contributed by atoms with van der Waals surface area (Å²) >= 11 is 0. The van der Waals surface area contributed by atoms with E-state index < -0.39 is 0 Å². The van der Waals surface area contributed by atoms with Gasteiger partial charge < -0.3 is 15.4 Å². The van der Waals surface area contributed by atoms with Crippen LogP contribution in [-0.4, -0.2) is 63.3 Å². The van der Waals surface area contributed by atoms with Gasteiger partial charge in [-0.3, -0.25) is 9.89 Å². The number of nitrogens with one attached hydrogen (secondary N) is 2. The van der Waals surface area contributed by atoms with Crippen molar-refractivity contribution >= 4 is 16.7 Å². The number of benzene rings is 2. The van der Waals surface area contributed by atoms with Gasteiger partial charge in [-0.1, -0.05) is 49.4 Å². The maximum absolute atomic E-state index is 5.51. The molecule has 27 heavy (non-hydrogen) atoms. The molecule has 4 rings (SSSR count). The molecule has 0 saturated carbocycles. The molecule has 2 aliphatic heterocycles. The minimum Gasteiger partial charge on any atom is -0.379 e. The highest BCUT2D eigenvalue weighted by atomic mass is 16.5. The van der Waals surface area contributed by atoms with Crippen molar-refractivity contribution in [3.05, 3.63) is 48.0 Å². The van der Waals surface area contributed by atoms with Gasteiger partial charge in [-0.05, 0) is 29.3 Å². The number of hydrogen-bond acceptors (Lipinski definition) is 5. The van der Waals surface area contributed by atoms with Crippen molar-refractivity contribution in [3.63, 3.8) is 0 Å². The number of guanidine groups is 1. The maximum Gasteiger partial charge on any atom is 0.191 e. The maximum atomic E-state index is 5.51. The molecule has 2 N–H and O–H groups in total. The highest BCUT2D eigenvalue weighted by Crippen LogP contribution is 2.33. The van der Waals surface area contributed by atoms with Gasteiger partial charge in [0.15, 0.2) is 5.96 Å². The first-order chi connectivity index (χ1) is 13.2. The summed E-state index contributed by atoms with van der Waals surface area (Å²) in [4.78, 5) is 7.04. The Morgan fingerprint density at radius 2 is 1.96 bits per heavy atom. The normalized spacial score (nSPS) is 20.1. The fraction of sp³-hybridized carbons (Fsp3) is 0.500. The van der Waals surface area contributed by atoms with E-state index in [4.69, 9.17) is 4.74 Å². The number of aliphatic imine (C=N–C) groups is 1. The van der Waals surface area contributed by atoms with Crippen molar-refractivity contribution < 1.29 is 4.74 Å². The third-order valence-electron chi connectivity index (χ3n) is 5.84. The quantitative estimate of drug-likeness (QED) is 0.824. The summed E-state index contributed by atoms with van der Waals surface area (Å²) in [5.74, 6) is 0.938. The molecule has 0 bridgehead atoms. The van der Waals surface area contributed by atoms with Crippen LogP contribution in [0.15, 0.2) is 47.5 Å². The third-order valence-corrected chi connectivity index (χ3v) is 5.84. The van der Waals surface area contributed by atoms with Crippen LogP contribution in [0, 0.1) is 0 Å². The van der Waals surface area contributed by atoms with Crippen molar-refractivity contribution in [3.8, 4) is 0 Å². The molecule has 0 aliphatic carbocycles. The van der Waals surface area contributed by atoms with Gasteiger partial charge in [0.25, 0.3) is 0 Å². The molecule has 144 valence electrons. The van der Waals surface area contributed by atoms with E-state index in [1.54, 1.807) is 0 Å². The Labute approximate surface area is 161 Å². The average Bonchev–Trinajstić information content (AvgIpc) is 3.25. The largest absolute Gasteiger partial charge is 0.379 e. The van der Waals surface area contributed by atoms with Gasteiger partial charge in [0.1, 0.15) is 0 Å². The molecule has 2 aromatic rings. The third kappa shape index (κ3) is 4.25. The summed E-state index contributed by atoms with van der Waals surface area (Å²) in [6.07, 6.45) is 1.10. The second-order valence-electron chi connectivity index (χ2n) is 7.80. The number of rotatable bonds is 6. The Kier molecular flexibility index (Phi) is 5.60. The van der Waals surface area contributed by atoms with E-state index >= 15 is 0 Å². The standard InChI is InChI=1S/C22H30N4O/c1-22(17-25-21-23-10-11-24-21,9-12-26-13-15-27-16-14-26)20-8-4-6-18-5-2-3-7-19(18)20/h2-8H,9-17H2,1H3,(H2,23,24,25). The molecule has 1 atom stereocenters. The number of fused-ring (bicyclic) bond motifs is 1.